The Kier molecular flexibility index (Phi) is 6.81. The minimum absolute atomic E-state index is 0.373. The fraction of sp³-hybridized carbons (Fsp3) is 0.240. The molecule has 3 aromatic rings. The number of nitrogens with zero attached hydrogens (tertiary/aromatic N) is 1. The molecule has 3 rings (SSSR count). The van der Waals surface area contributed by atoms with Gasteiger partial charge in [0.2, 0.25) is 15.9 Å². The van der Waals surface area contributed by atoms with Gasteiger partial charge in [-0.05, 0) is 55.2 Å². The SMILES string of the molecule is Cc1cc(C)cc(N(C(C)C(=O)NC(c2ccccc2)c2ccccc2)S(C)(=O)=O)c1. The van der Waals surface area contributed by atoms with Gasteiger partial charge in [0, 0.05) is 0 Å². The molecule has 0 aromatic heterocycles. The van der Waals surface area contributed by atoms with E-state index in [9.17, 15) is 13.2 Å². The van der Waals surface area contributed by atoms with Crippen molar-refractivity contribution in [3.05, 3.63) is 101 Å². The Balaban J connectivity index is 1.96. The highest BCUT2D eigenvalue weighted by molar-refractivity contribution is 7.92. The molecule has 3 aromatic carbocycles. The van der Waals surface area contributed by atoms with Crippen LogP contribution in [0.1, 0.15) is 35.2 Å². The third kappa shape index (κ3) is 5.52. The Morgan fingerprint density at radius 2 is 1.29 bits per heavy atom. The lowest BCUT2D eigenvalue weighted by atomic mass is 9.98. The molecule has 5 nitrogen and oxygen atoms in total. The molecule has 1 amide bonds. The lowest BCUT2D eigenvalue weighted by Gasteiger charge is -2.30. The largest absolute Gasteiger partial charge is 0.343 e. The van der Waals surface area contributed by atoms with Crippen molar-refractivity contribution >= 4 is 21.6 Å². The molecular formula is C25H28N2O3S. The van der Waals surface area contributed by atoms with Crippen molar-refractivity contribution < 1.29 is 13.2 Å². The molecule has 0 saturated carbocycles. The topological polar surface area (TPSA) is 66.5 Å². The van der Waals surface area contributed by atoms with Crippen LogP contribution in [-0.4, -0.2) is 26.6 Å². The molecule has 0 aliphatic carbocycles. The number of carbonyl (C=O) groups excluding carboxylic acids is 1. The van der Waals surface area contributed by atoms with Gasteiger partial charge in [-0.15, -0.1) is 0 Å². The van der Waals surface area contributed by atoms with Crippen LogP contribution in [-0.2, 0) is 14.8 Å². The van der Waals surface area contributed by atoms with Gasteiger partial charge in [-0.25, -0.2) is 8.42 Å². The van der Waals surface area contributed by atoms with Gasteiger partial charge >= 0.3 is 0 Å². The fourth-order valence-corrected chi connectivity index (χ4v) is 4.96. The van der Waals surface area contributed by atoms with Crippen molar-refractivity contribution in [2.45, 2.75) is 32.9 Å². The molecule has 6 heteroatoms. The molecule has 0 aliphatic rings. The first kappa shape index (κ1) is 22.6. The first-order valence-electron chi connectivity index (χ1n) is 10.1. The lowest BCUT2D eigenvalue weighted by molar-refractivity contribution is -0.122. The number of aryl methyl sites for hydroxylation is 2. The normalized spacial score (nSPS) is 12.4. The number of benzene rings is 3. The second-order valence-corrected chi connectivity index (χ2v) is 9.70. The second-order valence-electron chi connectivity index (χ2n) is 7.84. The summed E-state index contributed by atoms with van der Waals surface area (Å²) in [6, 6.07) is 23.5. The van der Waals surface area contributed by atoms with Crippen molar-refractivity contribution in [2.24, 2.45) is 0 Å². The van der Waals surface area contributed by atoms with Crippen LogP contribution < -0.4 is 9.62 Å². The molecule has 0 bridgehead atoms. The molecule has 0 radical (unpaired) electrons. The Labute approximate surface area is 184 Å². The van der Waals surface area contributed by atoms with E-state index in [4.69, 9.17) is 0 Å². The zero-order valence-corrected chi connectivity index (χ0v) is 19.1. The van der Waals surface area contributed by atoms with Crippen molar-refractivity contribution in [1.29, 1.82) is 0 Å². The van der Waals surface area contributed by atoms with Crippen LogP contribution in [0.2, 0.25) is 0 Å². The van der Waals surface area contributed by atoms with Gasteiger partial charge in [-0.3, -0.25) is 9.10 Å². The quantitative estimate of drug-likeness (QED) is 0.598. The van der Waals surface area contributed by atoms with E-state index >= 15 is 0 Å². The van der Waals surface area contributed by atoms with E-state index in [-0.39, 0.29) is 5.91 Å². The van der Waals surface area contributed by atoms with Crippen LogP contribution in [0, 0.1) is 13.8 Å². The van der Waals surface area contributed by atoms with Gasteiger partial charge in [-0.1, -0.05) is 66.7 Å². The third-order valence-electron chi connectivity index (χ3n) is 5.10. The molecule has 0 saturated heterocycles. The summed E-state index contributed by atoms with van der Waals surface area (Å²) in [4.78, 5) is 13.3. The number of carbonyl (C=O) groups is 1. The Morgan fingerprint density at radius 3 is 1.71 bits per heavy atom. The minimum atomic E-state index is -3.69. The first-order valence-corrected chi connectivity index (χ1v) is 12.0. The van der Waals surface area contributed by atoms with E-state index in [1.54, 1.807) is 19.1 Å². The first-order chi connectivity index (χ1) is 14.7. The predicted molar refractivity (Wildman–Crippen MR) is 126 cm³/mol. The van der Waals surface area contributed by atoms with E-state index in [0.29, 0.717) is 5.69 Å². The summed E-state index contributed by atoms with van der Waals surface area (Å²) in [6.07, 6.45) is 1.13. The Hall–Kier alpha value is -3.12. The van der Waals surface area contributed by atoms with E-state index in [1.807, 2.05) is 80.6 Å². The van der Waals surface area contributed by atoms with Gasteiger partial charge in [0.1, 0.15) is 6.04 Å². The minimum Gasteiger partial charge on any atom is -0.343 e. The highest BCUT2D eigenvalue weighted by Gasteiger charge is 2.31. The number of rotatable bonds is 7. The monoisotopic (exact) mass is 436 g/mol. The molecule has 1 atom stereocenters. The van der Waals surface area contributed by atoms with Crippen molar-refractivity contribution in [3.8, 4) is 0 Å². The highest BCUT2D eigenvalue weighted by Crippen LogP contribution is 2.26. The van der Waals surface area contributed by atoms with E-state index in [0.717, 1.165) is 28.5 Å². The molecule has 0 aliphatic heterocycles. The zero-order valence-electron chi connectivity index (χ0n) is 18.2. The lowest BCUT2D eigenvalue weighted by Crippen LogP contribution is -2.48. The molecule has 162 valence electrons. The van der Waals surface area contributed by atoms with Crippen LogP contribution in [0.15, 0.2) is 78.9 Å². The maximum absolute atomic E-state index is 13.3. The summed E-state index contributed by atoms with van der Waals surface area (Å²) >= 11 is 0. The second kappa shape index (κ2) is 9.35. The third-order valence-corrected chi connectivity index (χ3v) is 6.34. The van der Waals surface area contributed by atoms with Gasteiger partial charge < -0.3 is 5.32 Å². The van der Waals surface area contributed by atoms with Crippen molar-refractivity contribution in [2.75, 3.05) is 10.6 Å². The number of amides is 1. The number of anilines is 1. The van der Waals surface area contributed by atoms with E-state index < -0.39 is 22.1 Å². The Morgan fingerprint density at radius 1 is 0.839 bits per heavy atom. The van der Waals surface area contributed by atoms with Crippen LogP contribution in [0.4, 0.5) is 5.69 Å². The van der Waals surface area contributed by atoms with Gasteiger partial charge in [0.25, 0.3) is 0 Å². The summed E-state index contributed by atoms with van der Waals surface area (Å²) in [5.74, 6) is -0.373. The molecule has 0 heterocycles. The summed E-state index contributed by atoms with van der Waals surface area (Å²) in [7, 11) is -3.69. The van der Waals surface area contributed by atoms with E-state index in [1.165, 1.54) is 4.31 Å². The van der Waals surface area contributed by atoms with Crippen LogP contribution in [0.3, 0.4) is 0 Å². The van der Waals surface area contributed by atoms with Crippen molar-refractivity contribution in [1.82, 2.24) is 5.32 Å². The average Bonchev–Trinajstić information content (AvgIpc) is 2.71. The molecule has 1 unspecified atom stereocenters. The molecule has 0 spiro atoms. The Bertz CT molecular complexity index is 1090. The molecule has 31 heavy (non-hydrogen) atoms. The summed E-state index contributed by atoms with van der Waals surface area (Å²) in [5.41, 5.74) is 4.20. The van der Waals surface area contributed by atoms with Gasteiger partial charge in [-0.2, -0.15) is 0 Å². The fourth-order valence-electron chi connectivity index (χ4n) is 3.80. The molecule has 1 N–H and O–H groups in total. The number of hydrogen-bond donors (Lipinski definition) is 1. The zero-order chi connectivity index (χ0) is 22.6. The van der Waals surface area contributed by atoms with E-state index in [2.05, 4.69) is 5.32 Å². The molecule has 0 fully saturated rings. The maximum atomic E-state index is 13.3. The van der Waals surface area contributed by atoms with Gasteiger partial charge in [0.15, 0.2) is 0 Å². The average molecular weight is 437 g/mol. The maximum Gasteiger partial charge on any atom is 0.244 e. The smallest absolute Gasteiger partial charge is 0.244 e. The summed E-state index contributed by atoms with van der Waals surface area (Å²) < 4.78 is 26.5. The van der Waals surface area contributed by atoms with Crippen LogP contribution in [0.25, 0.3) is 0 Å². The van der Waals surface area contributed by atoms with Crippen molar-refractivity contribution in [3.63, 3.8) is 0 Å². The van der Waals surface area contributed by atoms with Crippen LogP contribution in [0.5, 0.6) is 0 Å². The number of nitrogens with one attached hydrogen (secondary N) is 1. The summed E-state index contributed by atoms with van der Waals surface area (Å²) in [5, 5.41) is 3.06. The number of sulfonamides is 1. The number of hydrogen-bond acceptors (Lipinski definition) is 3. The standard InChI is InChI=1S/C25H28N2O3S/c1-18-15-19(2)17-23(16-18)27(31(4,29)30)20(3)25(28)26-24(21-11-7-5-8-12-21)22-13-9-6-10-14-22/h5-17,20,24H,1-4H3,(H,26,28). The van der Waals surface area contributed by atoms with Crippen LogP contribution >= 0.6 is 0 Å². The predicted octanol–water partition coefficient (Wildman–Crippen LogP) is 4.36. The summed E-state index contributed by atoms with van der Waals surface area (Å²) in [6.45, 7) is 5.42. The molecular weight excluding hydrogens is 408 g/mol. The highest BCUT2D eigenvalue weighted by atomic mass is 32.2. The van der Waals surface area contributed by atoms with Gasteiger partial charge in [0.05, 0.1) is 18.0 Å².